The molecule has 0 aliphatic rings. The monoisotopic (exact) mass is 348 g/mol. The Kier molecular flexibility index (Phi) is 6.08. The molecule has 0 atom stereocenters. The average Bonchev–Trinajstić information content (AvgIpc) is 2.44. The quantitative estimate of drug-likeness (QED) is 0.608. The van der Waals surface area contributed by atoms with E-state index in [-0.39, 0.29) is 0 Å². The van der Waals surface area contributed by atoms with Crippen LogP contribution < -0.4 is 10.5 Å². The van der Waals surface area contributed by atoms with Crippen LogP contribution in [-0.4, -0.2) is 25.1 Å². The van der Waals surface area contributed by atoms with E-state index in [2.05, 4.69) is 46.1 Å². The summed E-state index contributed by atoms with van der Waals surface area (Å²) >= 11 is 3.50. The Morgan fingerprint density at radius 3 is 2.71 bits per heavy atom. The van der Waals surface area contributed by atoms with E-state index in [1.165, 1.54) is 5.56 Å². The van der Waals surface area contributed by atoms with Crippen molar-refractivity contribution in [1.82, 2.24) is 4.90 Å². The summed E-state index contributed by atoms with van der Waals surface area (Å²) in [4.78, 5) is 2.30. The number of ether oxygens (including phenoxy) is 1. The summed E-state index contributed by atoms with van der Waals surface area (Å²) < 4.78 is 6.82. The second kappa shape index (κ2) is 8.05. The minimum absolute atomic E-state index is 0.701. The van der Waals surface area contributed by atoms with Crippen molar-refractivity contribution in [2.45, 2.75) is 13.0 Å². The fourth-order valence-corrected chi connectivity index (χ4v) is 2.60. The minimum Gasteiger partial charge on any atom is -0.493 e. The molecular formula is C17H21BrN2O. The number of nitrogen functional groups attached to an aromatic ring is 1. The van der Waals surface area contributed by atoms with Gasteiger partial charge in [0.25, 0.3) is 0 Å². The largest absolute Gasteiger partial charge is 0.493 e. The molecule has 0 spiro atoms. The number of halogens is 1. The van der Waals surface area contributed by atoms with Gasteiger partial charge in [0.1, 0.15) is 5.75 Å². The van der Waals surface area contributed by atoms with Gasteiger partial charge in [0, 0.05) is 29.3 Å². The Morgan fingerprint density at radius 2 is 1.95 bits per heavy atom. The number of nitrogens with two attached hydrogens (primary N) is 1. The lowest BCUT2D eigenvalue weighted by molar-refractivity contribution is 0.259. The predicted octanol–water partition coefficient (Wildman–Crippen LogP) is 3.93. The van der Waals surface area contributed by atoms with Gasteiger partial charge in [0.2, 0.25) is 0 Å². The Hall–Kier alpha value is -1.52. The Bertz CT molecular complexity index is 574. The van der Waals surface area contributed by atoms with Crippen LogP contribution in [0.25, 0.3) is 0 Å². The van der Waals surface area contributed by atoms with Crippen LogP contribution in [0.3, 0.4) is 0 Å². The molecule has 3 nitrogen and oxygen atoms in total. The van der Waals surface area contributed by atoms with E-state index in [1.807, 2.05) is 30.3 Å². The minimum atomic E-state index is 0.701. The highest BCUT2D eigenvalue weighted by Crippen LogP contribution is 2.15. The van der Waals surface area contributed by atoms with E-state index in [0.717, 1.165) is 35.4 Å². The third-order valence-corrected chi connectivity index (χ3v) is 3.65. The summed E-state index contributed by atoms with van der Waals surface area (Å²) in [6, 6.07) is 16.0. The molecule has 0 saturated heterocycles. The van der Waals surface area contributed by atoms with E-state index in [1.54, 1.807) is 0 Å². The maximum atomic E-state index is 5.72. The summed E-state index contributed by atoms with van der Waals surface area (Å²) in [5, 5.41) is 0. The lowest BCUT2D eigenvalue weighted by atomic mass is 10.2. The zero-order valence-electron chi connectivity index (χ0n) is 12.3. The van der Waals surface area contributed by atoms with Crippen molar-refractivity contribution in [3.8, 4) is 5.75 Å². The van der Waals surface area contributed by atoms with E-state index >= 15 is 0 Å². The first-order chi connectivity index (χ1) is 10.1. The van der Waals surface area contributed by atoms with Crippen molar-refractivity contribution < 1.29 is 4.74 Å². The molecule has 21 heavy (non-hydrogen) atoms. The molecule has 112 valence electrons. The van der Waals surface area contributed by atoms with Crippen LogP contribution in [0.4, 0.5) is 5.69 Å². The van der Waals surface area contributed by atoms with Crippen molar-refractivity contribution in [1.29, 1.82) is 0 Å². The second-order valence-corrected chi connectivity index (χ2v) is 6.06. The summed E-state index contributed by atoms with van der Waals surface area (Å²) in [7, 11) is 2.13. The predicted molar refractivity (Wildman–Crippen MR) is 91.4 cm³/mol. The van der Waals surface area contributed by atoms with Gasteiger partial charge in [-0.3, -0.25) is 0 Å². The first kappa shape index (κ1) is 15.9. The lowest BCUT2D eigenvalue weighted by Crippen LogP contribution is -2.20. The molecule has 0 aliphatic carbocycles. The molecule has 0 fully saturated rings. The van der Waals surface area contributed by atoms with Crippen molar-refractivity contribution in [2.24, 2.45) is 0 Å². The molecule has 0 aromatic heterocycles. The van der Waals surface area contributed by atoms with Gasteiger partial charge in [-0.2, -0.15) is 0 Å². The SMILES string of the molecule is CN(CCCOc1cccc(N)c1)Cc1cccc(Br)c1. The standard InChI is InChI=1S/C17H21BrN2O/c1-20(13-14-5-2-6-15(18)11-14)9-4-10-21-17-8-3-7-16(19)12-17/h2-3,5-8,11-12H,4,9-10,13,19H2,1H3. The molecule has 0 aliphatic heterocycles. The molecule has 0 heterocycles. The third-order valence-electron chi connectivity index (χ3n) is 3.15. The average molecular weight is 349 g/mol. The molecule has 4 heteroatoms. The van der Waals surface area contributed by atoms with Crippen LogP contribution in [0.2, 0.25) is 0 Å². The van der Waals surface area contributed by atoms with Gasteiger partial charge in [-0.05, 0) is 43.3 Å². The van der Waals surface area contributed by atoms with Gasteiger partial charge < -0.3 is 15.4 Å². The summed E-state index contributed by atoms with van der Waals surface area (Å²) in [6.45, 7) is 2.64. The van der Waals surface area contributed by atoms with Gasteiger partial charge in [0.15, 0.2) is 0 Å². The highest BCUT2D eigenvalue weighted by atomic mass is 79.9. The Morgan fingerprint density at radius 1 is 1.14 bits per heavy atom. The lowest BCUT2D eigenvalue weighted by Gasteiger charge is -2.17. The van der Waals surface area contributed by atoms with Crippen LogP contribution in [0, 0.1) is 0 Å². The molecule has 2 rings (SSSR count). The van der Waals surface area contributed by atoms with E-state index in [4.69, 9.17) is 10.5 Å². The van der Waals surface area contributed by atoms with E-state index in [0.29, 0.717) is 6.61 Å². The fourth-order valence-electron chi connectivity index (χ4n) is 2.15. The molecule has 0 radical (unpaired) electrons. The highest BCUT2D eigenvalue weighted by Gasteiger charge is 2.01. The van der Waals surface area contributed by atoms with E-state index < -0.39 is 0 Å². The fraction of sp³-hybridized carbons (Fsp3) is 0.294. The van der Waals surface area contributed by atoms with Gasteiger partial charge in [-0.1, -0.05) is 34.1 Å². The van der Waals surface area contributed by atoms with Crippen LogP contribution in [0.5, 0.6) is 5.75 Å². The van der Waals surface area contributed by atoms with Crippen molar-refractivity contribution in [3.63, 3.8) is 0 Å². The van der Waals surface area contributed by atoms with Crippen molar-refractivity contribution >= 4 is 21.6 Å². The maximum absolute atomic E-state index is 5.72. The number of benzene rings is 2. The van der Waals surface area contributed by atoms with Gasteiger partial charge in [-0.25, -0.2) is 0 Å². The molecule has 0 amide bonds. The maximum Gasteiger partial charge on any atom is 0.121 e. The molecule has 2 N–H and O–H groups in total. The first-order valence-corrected chi connectivity index (χ1v) is 7.84. The number of rotatable bonds is 7. The van der Waals surface area contributed by atoms with Gasteiger partial charge in [-0.15, -0.1) is 0 Å². The topological polar surface area (TPSA) is 38.5 Å². The number of anilines is 1. The van der Waals surface area contributed by atoms with E-state index in [9.17, 15) is 0 Å². The number of hydrogen-bond acceptors (Lipinski definition) is 3. The van der Waals surface area contributed by atoms with Gasteiger partial charge in [0.05, 0.1) is 6.61 Å². The smallest absolute Gasteiger partial charge is 0.121 e. The molecular weight excluding hydrogens is 328 g/mol. The zero-order valence-corrected chi connectivity index (χ0v) is 13.8. The molecule has 2 aromatic carbocycles. The molecule has 0 bridgehead atoms. The first-order valence-electron chi connectivity index (χ1n) is 7.05. The van der Waals surface area contributed by atoms with Crippen molar-refractivity contribution in [3.05, 3.63) is 58.6 Å². The highest BCUT2D eigenvalue weighted by molar-refractivity contribution is 9.10. The summed E-state index contributed by atoms with van der Waals surface area (Å²) in [5.74, 6) is 0.838. The number of nitrogens with zero attached hydrogens (tertiary/aromatic N) is 1. The second-order valence-electron chi connectivity index (χ2n) is 5.14. The van der Waals surface area contributed by atoms with Crippen LogP contribution in [0.15, 0.2) is 53.0 Å². The Balaban J connectivity index is 1.68. The van der Waals surface area contributed by atoms with Gasteiger partial charge >= 0.3 is 0 Å². The zero-order chi connectivity index (χ0) is 15.1. The normalized spacial score (nSPS) is 10.8. The molecule has 2 aromatic rings. The van der Waals surface area contributed by atoms with Crippen LogP contribution in [-0.2, 0) is 6.54 Å². The summed E-state index contributed by atoms with van der Waals surface area (Å²) in [5.41, 5.74) is 7.76. The Labute approximate surface area is 134 Å². The van der Waals surface area contributed by atoms with Crippen LogP contribution >= 0.6 is 15.9 Å². The number of hydrogen-bond donors (Lipinski definition) is 1. The third kappa shape index (κ3) is 5.78. The molecule has 0 unspecified atom stereocenters. The van der Waals surface area contributed by atoms with Crippen LogP contribution in [0.1, 0.15) is 12.0 Å². The van der Waals surface area contributed by atoms with Crippen molar-refractivity contribution in [2.75, 3.05) is 25.9 Å². The molecule has 0 saturated carbocycles. The summed E-state index contributed by atoms with van der Waals surface area (Å²) in [6.07, 6.45) is 0.985.